The average Bonchev–Trinajstić information content (AvgIpc) is 4.17. The molecule has 2 aliphatic heterocycles. The standard InChI is InChI=1S/C58H35N5S/c1-6-18-46-43(17-1)55-31-32-59-63(55)58(46)47-19-7-12-24-56(47)64-57-35-38(25-28-48(57)58)62-53-29-26-36(60-49-20-8-2-13-39(49)40-14-3-9-21-50(40)60)33-44(53)45-34-37(27-30-54(45)62)61-51-22-10-4-15-41(51)42-16-5-11-23-52(42)61/h1-35H. The minimum atomic E-state index is -0.583. The Morgan fingerprint density at radius 3 is 1.36 bits per heavy atom. The summed E-state index contributed by atoms with van der Waals surface area (Å²) in [6.07, 6.45) is 1.95. The number of fused-ring (bicyclic) bond motifs is 18. The number of nitrogens with zero attached hydrogens (tertiary/aromatic N) is 5. The topological polar surface area (TPSA) is 32.6 Å². The zero-order valence-electron chi connectivity index (χ0n) is 34.4. The Morgan fingerprint density at radius 2 is 0.781 bits per heavy atom. The maximum Gasteiger partial charge on any atom is 0.141 e. The van der Waals surface area contributed by atoms with Crippen LogP contribution in [0.25, 0.3) is 93.7 Å². The SMILES string of the molecule is c1ccc2c(c1)Sc1cc(-n3c4ccc(-n5c6ccccc6c6ccccc65)cc4c4cc(-n5c6ccccc6c6ccccc65)ccc43)ccc1C21c2ccccc2-c2ccnn21. The van der Waals surface area contributed by atoms with E-state index in [9.17, 15) is 0 Å². The molecule has 6 heterocycles. The van der Waals surface area contributed by atoms with Crippen LogP contribution in [0.4, 0.5) is 0 Å². The molecule has 0 fully saturated rings. The van der Waals surface area contributed by atoms with E-state index in [0.717, 1.165) is 33.8 Å². The maximum absolute atomic E-state index is 5.07. The summed E-state index contributed by atoms with van der Waals surface area (Å²) in [6, 6.07) is 76.2. The molecule has 0 saturated carbocycles. The Morgan fingerprint density at radius 1 is 0.344 bits per heavy atom. The van der Waals surface area contributed by atoms with E-state index in [1.807, 2.05) is 18.0 Å². The molecule has 0 saturated heterocycles. The van der Waals surface area contributed by atoms with Gasteiger partial charge in [-0.3, -0.25) is 0 Å². The highest BCUT2D eigenvalue weighted by molar-refractivity contribution is 7.99. The molecule has 2 aliphatic rings. The number of aromatic nitrogens is 5. The first-order valence-corrected chi connectivity index (χ1v) is 22.7. The predicted molar refractivity (Wildman–Crippen MR) is 263 cm³/mol. The normalized spacial score (nSPS) is 15.2. The molecule has 0 aliphatic carbocycles. The minimum Gasteiger partial charge on any atom is -0.309 e. The van der Waals surface area contributed by atoms with Gasteiger partial charge in [0.1, 0.15) is 5.54 Å². The first-order chi connectivity index (χ1) is 31.8. The van der Waals surface area contributed by atoms with Gasteiger partial charge < -0.3 is 13.7 Å². The highest BCUT2D eigenvalue weighted by Gasteiger charge is 2.51. The van der Waals surface area contributed by atoms with Gasteiger partial charge in [0.2, 0.25) is 0 Å². The Bertz CT molecular complexity index is 3860. The van der Waals surface area contributed by atoms with E-state index in [2.05, 4.69) is 225 Å². The van der Waals surface area contributed by atoms with Gasteiger partial charge in [0.15, 0.2) is 0 Å². The van der Waals surface area contributed by atoms with Crippen molar-refractivity contribution in [3.05, 3.63) is 229 Å². The summed E-state index contributed by atoms with van der Waals surface area (Å²) in [5.41, 5.74) is 16.1. The van der Waals surface area contributed by atoms with Crippen molar-refractivity contribution < 1.29 is 0 Å². The summed E-state index contributed by atoms with van der Waals surface area (Å²) < 4.78 is 9.60. The van der Waals surface area contributed by atoms with Crippen molar-refractivity contribution in [2.24, 2.45) is 0 Å². The van der Waals surface area contributed by atoms with E-state index in [1.54, 1.807) is 0 Å². The van der Waals surface area contributed by atoms with Crippen molar-refractivity contribution in [1.29, 1.82) is 0 Å². The van der Waals surface area contributed by atoms with Crippen molar-refractivity contribution in [1.82, 2.24) is 23.5 Å². The fourth-order valence-corrected chi connectivity index (χ4v) is 12.8. The van der Waals surface area contributed by atoms with Gasteiger partial charge in [0, 0.05) is 82.1 Å². The molecule has 0 N–H and O–H groups in total. The molecule has 1 unspecified atom stereocenters. The summed E-state index contributed by atoms with van der Waals surface area (Å²) in [4.78, 5) is 2.48. The van der Waals surface area contributed by atoms with Gasteiger partial charge in [-0.05, 0) is 90.5 Å². The van der Waals surface area contributed by atoms with Crippen molar-refractivity contribution in [3.63, 3.8) is 0 Å². The molecular weight excluding hydrogens is 799 g/mol. The number of benzene rings is 9. The van der Waals surface area contributed by atoms with Gasteiger partial charge >= 0.3 is 0 Å². The second-order valence-electron chi connectivity index (χ2n) is 17.1. The van der Waals surface area contributed by atoms with Crippen molar-refractivity contribution >= 4 is 77.2 Å². The second-order valence-corrected chi connectivity index (χ2v) is 18.2. The fourth-order valence-electron chi connectivity index (χ4n) is 11.5. The van der Waals surface area contributed by atoms with Gasteiger partial charge in [-0.1, -0.05) is 133 Å². The van der Waals surface area contributed by atoms with E-state index in [-0.39, 0.29) is 0 Å². The lowest BCUT2D eigenvalue weighted by molar-refractivity contribution is 0.467. The molecule has 0 bridgehead atoms. The molecule has 9 aromatic carbocycles. The number of para-hydroxylation sites is 4. The van der Waals surface area contributed by atoms with E-state index in [0.29, 0.717) is 0 Å². The molecule has 15 rings (SSSR count). The highest BCUT2D eigenvalue weighted by atomic mass is 32.2. The third-order valence-corrected chi connectivity index (χ3v) is 15.2. The first kappa shape index (κ1) is 34.5. The van der Waals surface area contributed by atoms with Crippen LogP contribution in [0.3, 0.4) is 0 Å². The summed E-state index contributed by atoms with van der Waals surface area (Å²) >= 11 is 1.86. The van der Waals surface area contributed by atoms with E-state index < -0.39 is 5.54 Å². The molecule has 64 heavy (non-hydrogen) atoms. The van der Waals surface area contributed by atoms with E-state index in [1.165, 1.54) is 86.4 Å². The summed E-state index contributed by atoms with van der Waals surface area (Å²) in [5.74, 6) is 0. The Hall–Kier alpha value is -8.06. The van der Waals surface area contributed by atoms with Crippen LogP contribution in [0.1, 0.15) is 16.7 Å². The van der Waals surface area contributed by atoms with Crippen LogP contribution >= 0.6 is 11.8 Å². The number of rotatable bonds is 3. The fraction of sp³-hybridized carbons (Fsp3) is 0.0172. The molecule has 6 heteroatoms. The van der Waals surface area contributed by atoms with Crippen LogP contribution in [0.2, 0.25) is 0 Å². The third-order valence-electron chi connectivity index (χ3n) is 14.1. The first-order valence-electron chi connectivity index (χ1n) is 21.9. The molecule has 0 amide bonds. The van der Waals surface area contributed by atoms with E-state index >= 15 is 0 Å². The molecule has 0 radical (unpaired) electrons. The Kier molecular flexibility index (Phi) is 6.76. The van der Waals surface area contributed by atoms with Crippen LogP contribution in [0, 0.1) is 0 Å². The quantitative estimate of drug-likeness (QED) is 0.178. The lowest BCUT2D eigenvalue weighted by atomic mass is 9.77. The van der Waals surface area contributed by atoms with Crippen molar-refractivity contribution in [2.45, 2.75) is 15.3 Å². The monoisotopic (exact) mass is 833 g/mol. The van der Waals surface area contributed by atoms with Gasteiger partial charge in [-0.2, -0.15) is 5.10 Å². The Labute approximate surface area is 371 Å². The molecule has 4 aromatic heterocycles. The molecular formula is C58H35N5S. The molecule has 1 atom stereocenters. The van der Waals surface area contributed by atoms with Crippen LogP contribution < -0.4 is 0 Å². The zero-order chi connectivity index (χ0) is 41.7. The van der Waals surface area contributed by atoms with Crippen molar-refractivity contribution in [2.75, 3.05) is 0 Å². The number of hydrogen-bond donors (Lipinski definition) is 0. The van der Waals surface area contributed by atoms with Crippen molar-refractivity contribution in [3.8, 4) is 28.3 Å². The van der Waals surface area contributed by atoms with Crippen LogP contribution in [0.15, 0.2) is 222 Å². The average molecular weight is 834 g/mol. The largest absolute Gasteiger partial charge is 0.309 e. The van der Waals surface area contributed by atoms with Gasteiger partial charge in [-0.25, -0.2) is 4.68 Å². The van der Waals surface area contributed by atoms with Gasteiger partial charge in [-0.15, -0.1) is 0 Å². The van der Waals surface area contributed by atoms with Gasteiger partial charge in [0.25, 0.3) is 0 Å². The smallest absolute Gasteiger partial charge is 0.141 e. The molecule has 1 spiro atoms. The summed E-state index contributed by atoms with van der Waals surface area (Å²) in [7, 11) is 0. The zero-order valence-corrected chi connectivity index (χ0v) is 35.2. The maximum atomic E-state index is 5.07. The van der Waals surface area contributed by atoms with Gasteiger partial charge in [0.05, 0.1) is 38.8 Å². The van der Waals surface area contributed by atoms with E-state index in [4.69, 9.17) is 5.10 Å². The lowest BCUT2D eigenvalue weighted by Crippen LogP contribution is -2.38. The second kappa shape index (κ2) is 12.5. The Balaban J connectivity index is 1.01. The third kappa shape index (κ3) is 4.33. The highest BCUT2D eigenvalue weighted by Crippen LogP contribution is 2.58. The number of hydrogen-bond acceptors (Lipinski definition) is 2. The van der Waals surface area contributed by atoms with Crippen LogP contribution in [0.5, 0.6) is 0 Å². The lowest BCUT2D eigenvalue weighted by Gasteiger charge is -2.39. The molecule has 5 nitrogen and oxygen atoms in total. The minimum absolute atomic E-state index is 0.583. The van der Waals surface area contributed by atoms with Crippen LogP contribution in [-0.2, 0) is 5.54 Å². The molecule has 13 aromatic rings. The molecule has 298 valence electrons. The summed E-state index contributed by atoms with van der Waals surface area (Å²) in [6.45, 7) is 0. The summed E-state index contributed by atoms with van der Waals surface area (Å²) in [5, 5.41) is 12.5. The predicted octanol–water partition coefficient (Wildman–Crippen LogP) is 14.5. The van der Waals surface area contributed by atoms with Crippen LogP contribution in [-0.4, -0.2) is 23.5 Å².